The first-order chi connectivity index (χ1) is 12.1. The summed E-state index contributed by atoms with van der Waals surface area (Å²) in [4.78, 5) is 14.0. The summed E-state index contributed by atoms with van der Waals surface area (Å²) in [6.07, 6.45) is 0. The molecule has 132 valence electrons. The van der Waals surface area contributed by atoms with E-state index in [2.05, 4.69) is 36.5 Å². The van der Waals surface area contributed by atoms with Crippen molar-refractivity contribution in [3.8, 4) is 0 Å². The average molecular weight is 360 g/mol. The first kappa shape index (κ1) is 17.9. The molecule has 0 radical (unpaired) electrons. The topological polar surface area (TPSA) is 42.8 Å². The maximum absolute atomic E-state index is 12.6. The van der Waals surface area contributed by atoms with Gasteiger partial charge >= 0.3 is 0 Å². The summed E-state index contributed by atoms with van der Waals surface area (Å²) in [5, 5.41) is 3.80. The summed E-state index contributed by atoms with van der Waals surface area (Å²) in [5.74, 6) is -0.0715. The molecule has 2 atom stereocenters. The fraction of sp³-hybridized carbons (Fsp3) is 0.350. The summed E-state index contributed by atoms with van der Waals surface area (Å²) in [5.41, 5.74) is 1.86. The number of rotatable bonds is 5. The number of morpholine rings is 1. The van der Waals surface area contributed by atoms with E-state index in [1.807, 2.05) is 6.07 Å². The van der Waals surface area contributed by atoms with Crippen LogP contribution in [0.5, 0.6) is 0 Å². The molecule has 25 heavy (non-hydrogen) atoms. The lowest BCUT2D eigenvalue weighted by atomic mass is 9.97. The van der Waals surface area contributed by atoms with Gasteiger partial charge in [-0.3, -0.25) is 4.79 Å². The van der Waals surface area contributed by atoms with Gasteiger partial charge in [0.1, 0.15) is 19.1 Å². The molecular weight excluding hydrogens is 336 g/mol. The van der Waals surface area contributed by atoms with Crippen molar-refractivity contribution in [2.75, 3.05) is 26.3 Å². The molecule has 0 saturated carbocycles. The second-order valence-corrected chi connectivity index (χ2v) is 6.86. The van der Waals surface area contributed by atoms with Crippen molar-refractivity contribution < 1.29 is 14.4 Å². The van der Waals surface area contributed by atoms with Crippen LogP contribution in [-0.4, -0.2) is 38.3 Å². The van der Waals surface area contributed by atoms with Crippen LogP contribution in [0.1, 0.15) is 28.9 Å². The molecule has 1 heterocycles. The minimum atomic E-state index is -0.0715. The van der Waals surface area contributed by atoms with E-state index in [1.54, 1.807) is 24.3 Å². The molecule has 1 amide bonds. The maximum Gasteiger partial charge on any atom is 0.251 e. The average Bonchev–Trinajstić information content (AvgIpc) is 2.64. The summed E-state index contributed by atoms with van der Waals surface area (Å²) in [7, 11) is 0. The standard InChI is InChI=1S/C20H23ClN2O2/c1-15(22-20(24)17-7-9-18(21)10-8-17)19(16-5-3-2-4-6-16)23-11-13-25-14-12-23/h2-10,15,19H,11-14H2,1H3,(H,22,24)/p+1/t15-,19-/m0/s1. The van der Waals surface area contributed by atoms with E-state index >= 15 is 0 Å². The van der Waals surface area contributed by atoms with Crippen molar-refractivity contribution in [2.24, 2.45) is 0 Å². The number of ether oxygens (including phenoxy) is 1. The summed E-state index contributed by atoms with van der Waals surface area (Å²) in [6.45, 7) is 5.49. The Kier molecular flexibility index (Phi) is 6.08. The van der Waals surface area contributed by atoms with Crippen LogP contribution in [-0.2, 0) is 4.74 Å². The van der Waals surface area contributed by atoms with Gasteiger partial charge in [-0.25, -0.2) is 0 Å². The lowest BCUT2D eigenvalue weighted by Crippen LogP contribution is -3.15. The van der Waals surface area contributed by atoms with Crippen LogP contribution >= 0.6 is 11.6 Å². The molecule has 2 aromatic rings. The Hall–Kier alpha value is -1.88. The third-order valence-corrected chi connectivity index (χ3v) is 4.95. The molecule has 2 aromatic carbocycles. The lowest BCUT2D eigenvalue weighted by molar-refractivity contribution is -0.940. The molecular formula is C20H24ClN2O2+. The molecule has 1 saturated heterocycles. The summed E-state index contributed by atoms with van der Waals surface area (Å²) < 4.78 is 5.51. The molecule has 0 aromatic heterocycles. The van der Waals surface area contributed by atoms with Crippen molar-refractivity contribution in [3.05, 3.63) is 70.7 Å². The van der Waals surface area contributed by atoms with E-state index in [0.29, 0.717) is 10.6 Å². The van der Waals surface area contributed by atoms with Crippen molar-refractivity contribution in [2.45, 2.75) is 19.0 Å². The van der Waals surface area contributed by atoms with E-state index in [4.69, 9.17) is 16.3 Å². The molecule has 0 bridgehead atoms. The highest BCUT2D eigenvalue weighted by Crippen LogP contribution is 2.15. The Morgan fingerprint density at radius 3 is 2.36 bits per heavy atom. The number of hydrogen-bond acceptors (Lipinski definition) is 2. The Morgan fingerprint density at radius 2 is 1.72 bits per heavy atom. The van der Waals surface area contributed by atoms with Gasteiger partial charge in [0.15, 0.2) is 0 Å². The third kappa shape index (κ3) is 4.60. The van der Waals surface area contributed by atoms with Gasteiger partial charge in [-0.05, 0) is 31.2 Å². The van der Waals surface area contributed by atoms with Crippen LogP contribution in [0.4, 0.5) is 0 Å². The molecule has 2 N–H and O–H groups in total. The van der Waals surface area contributed by atoms with Crippen molar-refractivity contribution in [1.29, 1.82) is 0 Å². The summed E-state index contributed by atoms with van der Waals surface area (Å²) in [6, 6.07) is 17.6. The molecule has 0 aliphatic carbocycles. The van der Waals surface area contributed by atoms with Crippen molar-refractivity contribution in [3.63, 3.8) is 0 Å². The second-order valence-electron chi connectivity index (χ2n) is 6.43. The minimum Gasteiger partial charge on any atom is -0.370 e. The third-order valence-electron chi connectivity index (χ3n) is 4.70. The van der Waals surface area contributed by atoms with Crippen molar-refractivity contribution >= 4 is 17.5 Å². The quantitative estimate of drug-likeness (QED) is 0.858. The van der Waals surface area contributed by atoms with Gasteiger partial charge in [-0.2, -0.15) is 0 Å². The second kappa shape index (κ2) is 8.48. The summed E-state index contributed by atoms with van der Waals surface area (Å²) >= 11 is 5.91. The van der Waals surface area contributed by atoms with Gasteiger partial charge in [-0.15, -0.1) is 0 Å². The number of carbonyl (C=O) groups excluding carboxylic acids is 1. The number of amides is 1. The van der Waals surface area contributed by atoms with E-state index < -0.39 is 0 Å². The lowest BCUT2D eigenvalue weighted by Gasteiger charge is -2.35. The van der Waals surface area contributed by atoms with E-state index in [1.165, 1.54) is 10.5 Å². The molecule has 0 unspecified atom stereocenters. The molecule has 3 rings (SSSR count). The van der Waals surface area contributed by atoms with Crippen LogP contribution in [0.3, 0.4) is 0 Å². The minimum absolute atomic E-state index is 0.00122. The first-order valence-electron chi connectivity index (χ1n) is 8.69. The zero-order valence-electron chi connectivity index (χ0n) is 14.4. The Bertz CT molecular complexity index is 685. The number of carbonyl (C=O) groups is 1. The largest absolute Gasteiger partial charge is 0.370 e. The smallest absolute Gasteiger partial charge is 0.251 e. The van der Waals surface area contributed by atoms with Crippen LogP contribution in [0.2, 0.25) is 5.02 Å². The molecule has 0 spiro atoms. The highest BCUT2D eigenvalue weighted by molar-refractivity contribution is 6.30. The SMILES string of the molecule is C[C@H](NC(=O)c1ccc(Cl)cc1)[C@@H](c1ccccc1)[NH+]1CCOCC1. The van der Waals surface area contributed by atoms with Gasteiger partial charge in [0, 0.05) is 16.1 Å². The van der Waals surface area contributed by atoms with Crippen LogP contribution in [0, 0.1) is 0 Å². The van der Waals surface area contributed by atoms with E-state index in [9.17, 15) is 4.79 Å². The number of quaternary nitrogens is 1. The van der Waals surface area contributed by atoms with Crippen LogP contribution < -0.4 is 10.2 Å². The van der Waals surface area contributed by atoms with Crippen LogP contribution in [0.15, 0.2) is 54.6 Å². The Labute approximate surface area is 153 Å². The number of halogens is 1. The normalized spacial score (nSPS) is 17.7. The zero-order chi connectivity index (χ0) is 17.6. The predicted octanol–water partition coefficient (Wildman–Crippen LogP) is 2.11. The highest BCUT2D eigenvalue weighted by Gasteiger charge is 2.32. The van der Waals surface area contributed by atoms with Crippen molar-refractivity contribution in [1.82, 2.24) is 5.32 Å². The van der Waals surface area contributed by atoms with Gasteiger partial charge in [0.25, 0.3) is 5.91 Å². The molecule has 1 aliphatic heterocycles. The number of benzene rings is 2. The molecule has 1 fully saturated rings. The number of hydrogen-bond donors (Lipinski definition) is 2. The van der Waals surface area contributed by atoms with Gasteiger partial charge < -0.3 is 15.0 Å². The van der Waals surface area contributed by atoms with Crippen LogP contribution in [0.25, 0.3) is 0 Å². The van der Waals surface area contributed by atoms with Gasteiger partial charge in [-0.1, -0.05) is 41.9 Å². The first-order valence-corrected chi connectivity index (χ1v) is 9.06. The monoisotopic (exact) mass is 359 g/mol. The Morgan fingerprint density at radius 1 is 1.08 bits per heavy atom. The molecule has 4 nitrogen and oxygen atoms in total. The molecule has 5 heteroatoms. The molecule has 1 aliphatic rings. The maximum atomic E-state index is 12.6. The van der Waals surface area contributed by atoms with Gasteiger partial charge in [0.05, 0.1) is 19.3 Å². The fourth-order valence-corrected chi connectivity index (χ4v) is 3.58. The Balaban J connectivity index is 1.77. The highest BCUT2D eigenvalue weighted by atomic mass is 35.5. The van der Waals surface area contributed by atoms with Gasteiger partial charge in [0.2, 0.25) is 0 Å². The predicted molar refractivity (Wildman–Crippen MR) is 99.1 cm³/mol. The fourth-order valence-electron chi connectivity index (χ4n) is 3.46. The van der Waals surface area contributed by atoms with E-state index in [-0.39, 0.29) is 18.0 Å². The van der Waals surface area contributed by atoms with E-state index in [0.717, 1.165) is 26.3 Å². The number of nitrogens with one attached hydrogen (secondary N) is 2. The zero-order valence-corrected chi connectivity index (χ0v) is 15.1.